The van der Waals surface area contributed by atoms with Gasteiger partial charge in [-0.3, -0.25) is 9.55 Å². The van der Waals surface area contributed by atoms with E-state index in [1.165, 1.54) is 0 Å². The van der Waals surface area contributed by atoms with Gasteiger partial charge in [0, 0.05) is 12.3 Å². The third-order valence-corrected chi connectivity index (χ3v) is 2.26. The van der Waals surface area contributed by atoms with Gasteiger partial charge in [0.05, 0.1) is 5.75 Å². The zero-order chi connectivity index (χ0) is 9.61. The Bertz CT molecular complexity index is 243. The quantitative estimate of drug-likeness (QED) is 0.404. The van der Waals surface area contributed by atoms with Gasteiger partial charge in [-0.2, -0.15) is 8.42 Å². The van der Waals surface area contributed by atoms with E-state index < -0.39 is 10.1 Å². The predicted octanol–water partition coefficient (Wildman–Crippen LogP) is 1.14. The van der Waals surface area contributed by atoms with E-state index in [9.17, 15) is 8.42 Å². The van der Waals surface area contributed by atoms with Crippen molar-refractivity contribution >= 4 is 15.8 Å². The summed E-state index contributed by atoms with van der Waals surface area (Å²) in [5, 5.41) is 0. The smallest absolute Gasteiger partial charge is 0.264 e. The van der Waals surface area contributed by atoms with Gasteiger partial charge in [0.25, 0.3) is 10.1 Å². The molecule has 72 valence electrons. The standard InChI is InChI=1S/C7H15NO3S/c1-3-7(2)8-5-4-6-12(9,10)11/h3-6H2,1-2H3,(H,9,10,11)/b8-7+. The minimum atomic E-state index is -3.80. The van der Waals surface area contributed by atoms with E-state index in [1.807, 2.05) is 13.8 Å². The first-order chi connectivity index (χ1) is 5.45. The van der Waals surface area contributed by atoms with Crippen molar-refractivity contribution in [2.24, 2.45) is 4.99 Å². The SMILES string of the molecule is CC/C(C)=N/CCCS(=O)(=O)O. The second-order valence-electron chi connectivity index (χ2n) is 2.61. The number of hydrogen-bond acceptors (Lipinski definition) is 3. The molecule has 0 saturated carbocycles. The fraction of sp³-hybridized carbons (Fsp3) is 0.857. The highest BCUT2D eigenvalue weighted by Gasteiger charge is 2.01. The lowest BCUT2D eigenvalue weighted by molar-refractivity contribution is 0.481. The van der Waals surface area contributed by atoms with Crippen molar-refractivity contribution in [1.82, 2.24) is 0 Å². The molecule has 0 radical (unpaired) electrons. The van der Waals surface area contributed by atoms with Crippen LogP contribution in [-0.2, 0) is 10.1 Å². The van der Waals surface area contributed by atoms with Crippen LogP contribution in [0.25, 0.3) is 0 Å². The molecular formula is C7H15NO3S. The largest absolute Gasteiger partial charge is 0.294 e. The van der Waals surface area contributed by atoms with Gasteiger partial charge in [-0.15, -0.1) is 0 Å². The van der Waals surface area contributed by atoms with Gasteiger partial charge in [-0.05, 0) is 19.8 Å². The Balaban J connectivity index is 3.59. The van der Waals surface area contributed by atoms with E-state index >= 15 is 0 Å². The molecule has 0 aromatic carbocycles. The molecule has 0 rings (SSSR count). The average molecular weight is 193 g/mol. The molecule has 0 aromatic heterocycles. The van der Waals surface area contributed by atoms with Gasteiger partial charge in [-0.1, -0.05) is 6.92 Å². The van der Waals surface area contributed by atoms with Crippen LogP contribution in [0.4, 0.5) is 0 Å². The summed E-state index contributed by atoms with van der Waals surface area (Å²) in [6.07, 6.45) is 1.27. The van der Waals surface area contributed by atoms with E-state index in [-0.39, 0.29) is 5.75 Å². The zero-order valence-corrected chi connectivity index (χ0v) is 8.26. The van der Waals surface area contributed by atoms with Crippen LogP contribution >= 0.6 is 0 Å². The molecule has 0 spiro atoms. The lowest BCUT2D eigenvalue weighted by Crippen LogP contribution is -2.05. The third-order valence-electron chi connectivity index (χ3n) is 1.45. The summed E-state index contributed by atoms with van der Waals surface area (Å²) in [4.78, 5) is 4.09. The summed E-state index contributed by atoms with van der Waals surface area (Å²) in [6.45, 7) is 4.36. The van der Waals surface area contributed by atoms with E-state index in [4.69, 9.17) is 4.55 Å². The molecule has 0 bridgehead atoms. The van der Waals surface area contributed by atoms with Crippen LogP contribution in [0.2, 0.25) is 0 Å². The van der Waals surface area contributed by atoms with Gasteiger partial charge in [0.15, 0.2) is 0 Å². The van der Waals surface area contributed by atoms with Gasteiger partial charge < -0.3 is 0 Å². The second-order valence-corrected chi connectivity index (χ2v) is 4.18. The van der Waals surface area contributed by atoms with E-state index in [0.717, 1.165) is 12.1 Å². The summed E-state index contributed by atoms with van der Waals surface area (Å²) in [5.74, 6) is -0.201. The Hall–Kier alpha value is -0.420. The van der Waals surface area contributed by atoms with E-state index in [2.05, 4.69) is 4.99 Å². The normalized spacial score (nSPS) is 13.4. The molecule has 0 amide bonds. The van der Waals surface area contributed by atoms with Crippen LogP contribution < -0.4 is 0 Å². The Morgan fingerprint density at radius 3 is 2.50 bits per heavy atom. The molecule has 0 aliphatic carbocycles. The first-order valence-corrected chi connectivity index (χ1v) is 5.51. The summed E-state index contributed by atoms with van der Waals surface area (Å²) in [5.41, 5.74) is 1.00. The molecule has 0 fully saturated rings. The second kappa shape index (κ2) is 5.27. The molecule has 0 aliphatic heterocycles. The maximum absolute atomic E-state index is 10.3. The first-order valence-electron chi connectivity index (χ1n) is 3.91. The Morgan fingerprint density at radius 1 is 1.50 bits per heavy atom. The van der Waals surface area contributed by atoms with Crippen LogP contribution in [0, 0.1) is 0 Å². The molecule has 0 aliphatic rings. The van der Waals surface area contributed by atoms with Crippen molar-refractivity contribution in [1.29, 1.82) is 0 Å². The fourth-order valence-corrected chi connectivity index (χ4v) is 1.12. The van der Waals surface area contributed by atoms with E-state index in [0.29, 0.717) is 13.0 Å². The highest BCUT2D eigenvalue weighted by Crippen LogP contribution is 1.91. The van der Waals surface area contributed by atoms with Crippen LogP contribution in [0.1, 0.15) is 26.7 Å². The van der Waals surface area contributed by atoms with Gasteiger partial charge in [0.2, 0.25) is 0 Å². The molecule has 0 unspecified atom stereocenters. The highest BCUT2D eigenvalue weighted by molar-refractivity contribution is 7.85. The average Bonchev–Trinajstić information content (AvgIpc) is 1.96. The van der Waals surface area contributed by atoms with Crippen molar-refractivity contribution in [2.75, 3.05) is 12.3 Å². The molecule has 0 saturated heterocycles. The van der Waals surface area contributed by atoms with Crippen LogP contribution in [0.3, 0.4) is 0 Å². The fourth-order valence-electron chi connectivity index (χ4n) is 0.629. The summed E-state index contributed by atoms with van der Waals surface area (Å²) in [7, 11) is -3.80. The van der Waals surface area contributed by atoms with Gasteiger partial charge >= 0.3 is 0 Å². The molecule has 12 heavy (non-hydrogen) atoms. The predicted molar refractivity (Wildman–Crippen MR) is 49.3 cm³/mol. The van der Waals surface area contributed by atoms with Crippen molar-refractivity contribution < 1.29 is 13.0 Å². The molecular weight excluding hydrogens is 178 g/mol. The molecule has 1 N–H and O–H groups in total. The van der Waals surface area contributed by atoms with Crippen molar-refractivity contribution in [3.8, 4) is 0 Å². The Morgan fingerprint density at radius 2 is 2.08 bits per heavy atom. The first kappa shape index (κ1) is 11.6. The minimum absolute atomic E-state index is 0.201. The van der Waals surface area contributed by atoms with Crippen molar-refractivity contribution in [3.63, 3.8) is 0 Å². The number of aliphatic imine (C=N–C) groups is 1. The molecule has 0 aromatic rings. The Kier molecular flexibility index (Phi) is 5.08. The van der Waals surface area contributed by atoms with Crippen molar-refractivity contribution in [3.05, 3.63) is 0 Å². The van der Waals surface area contributed by atoms with Gasteiger partial charge in [-0.25, -0.2) is 0 Å². The van der Waals surface area contributed by atoms with E-state index in [1.54, 1.807) is 0 Å². The van der Waals surface area contributed by atoms with Crippen LogP contribution in [-0.4, -0.2) is 31.0 Å². The van der Waals surface area contributed by atoms with Crippen LogP contribution in [0.15, 0.2) is 4.99 Å². The van der Waals surface area contributed by atoms with Gasteiger partial charge in [0.1, 0.15) is 0 Å². The van der Waals surface area contributed by atoms with Crippen molar-refractivity contribution in [2.45, 2.75) is 26.7 Å². The highest BCUT2D eigenvalue weighted by atomic mass is 32.2. The maximum Gasteiger partial charge on any atom is 0.264 e. The monoisotopic (exact) mass is 193 g/mol. The summed E-state index contributed by atoms with van der Waals surface area (Å²) >= 11 is 0. The molecule has 0 atom stereocenters. The molecule has 0 heterocycles. The number of nitrogens with zero attached hydrogens (tertiary/aromatic N) is 1. The zero-order valence-electron chi connectivity index (χ0n) is 7.45. The number of hydrogen-bond donors (Lipinski definition) is 1. The third kappa shape index (κ3) is 7.68. The topological polar surface area (TPSA) is 66.7 Å². The lowest BCUT2D eigenvalue weighted by Gasteiger charge is -1.96. The summed E-state index contributed by atoms with van der Waals surface area (Å²) in [6, 6.07) is 0. The molecule has 5 heteroatoms. The van der Waals surface area contributed by atoms with Crippen LogP contribution in [0.5, 0.6) is 0 Å². The minimum Gasteiger partial charge on any atom is -0.294 e. The maximum atomic E-state index is 10.3. The number of rotatable bonds is 5. The lowest BCUT2D eigenvalue weighted by atomic mass is 10.3. The summed E-state index contributed by atoms with van der Waals surface area (Å²) < 4.78 is 28.9. The molecule has 4 nitrogen and oxygen atoms in total. The Labute approximate surface area is 73.5 Å².